The SMILES string of the molecule is CCC1CN(C(=O)c2cccc(OC(F)F)c2)CCO1. The van der Waals surface area contributed by atoms with E-state index >= 15 is 0 Å². The number of benzene rings is 1. The van der Waals surface area contributed by atoms with Crippen LogP contribution >= 0.6 is 0 Å². The molecule has 6 heteroatoms. The first kappa shape index (κ1) is 14.7. The number of carbonyl (C=O) groups excluding carboxylic acids is 1. The smallest absolute Gasteiger partial charge is 0.387 e. The van der Waals surface area contributed by atoms with Crippen molar-refractivity contribution in [3.63, 3.8) is 0 Å². The zero-order valence-electron chi connectivity index (χ0n) is 11.2. The molecule has 0 saturated carbocycles. The van der Waals surface area contributed by atoms with Gasteiger partial charge in [-0.25, -0.2) is 0 Å². The van der Waals surface area contributed by atoms with Crippen molar-refractivity contribution in [2.45, 2.75) is 26.1 Å². The molecule has 1 aromatic carbocycles. The van der Waals surface area contributed by atoms with Gasteiger partial charge in [-0.2, -0.15) is 8.78 Å². The number of alkyl halides is 2. The average molecular weight is 285 g/mol. The van der Waals surface area contributed by atoms with Gasteiger partial charge in [0.2, 0.25) is 0 Å². The lowest BCUT2D eigenvalue weighted by molar-refractivity contribution is -0.0499. The van der Waals surface area contributed by atoms with E-state index < -0.39 is 6.61 Å². The largest absolute Gasteiger partial charge is 0.435 e. The van der Waals surface area contributed by atoms with E-state index in [0.29, 0.717) is 25.3 Å². The van der Waals surface area contributed by atoms with Crippen molar-refractivity contribution in [2.75, 3.05) is 19.7 Å². The number of rotatable bonds is 4. The summed E-state index contributed by atoms with van der Waals surface area (Å²) in [7, 11) is 0. The zero-order valence-corrected chi connectivity index (χ0v) is 11.2. The van der Waals surface area contributed by atoms with Crippen LogP contribution in [0.5, 0.6) is 5.75 Å². The lowest BCUT2D eigenvalue weighted by Gasteiger charge is -2.32. The minimum atomic E-state index is -2.90. The molecule has 1 aromatic rings. The maximum Gasteiger partial charge on any atom is 0.387 e. The summed E-state index contributed by atoms with van der Waals surface area (Å²) in [5, 5.41) is 0. The molecule has 20 heavy (non-hydrogen) atoms. The van der Waals surface area contributed by atoms with Crippen LogP contribution in [-0.2, 0) is 4.74 Å². The van der Waals surface area contributed by atoms with Crippen LogP contribution in [0.4, 0.5) is 8.78 Å². The minimum Gasteiger partial charge on any atom is -0.435 e. The highest BCUT2D eigenvalue weighted by molar-refractivity contribution is 5.94. The topological polar surface area (TPSA) is 38.8 Å². The summed E-state index contributed by atoms with van der Waals surface area (Å²) in [6, 6.07) is 5.86. The maximum atomic E-state index is 12.3. The molecule has 1 saturated heterocycles. The third kappa shape index (κ3) is 3.66. The number of ether oxygens (including phenoxy) is 2. The molecule has 1 aliphatic rings. The molecule has 0 spiro atoms. The predicted molar refractivity (Wildman–Crippen MR) is 69.0 cm³/mol. The van der Waals surface area contributed by atoms with Crippen LogP contribution in [0.25, 0.3) is 0 Å². The van der Waals surface area contributed by atoms with Gasteiger partial charge in [0, 0.05) is 18.7 Å². The summed E-state index contributed by atoms with van der Waals surface area (Å²) in [4.78, 5) is 14.0. The molecule has 4 nitrogen and oxygen atoms in total. The molecule has 1 aliphatic heterocycles. The third-order valence-electron chi connectivity index (χ3n) is 3.19. The van der Waals surface area contributed by atoms with E-state index in [4.69, 9.17) is 4.74 Å². The average Bonchev–Trinajstić information content (AvgIpc) is 2.46. The van der Waals surface area contributed by atoms with Crippen molar-refractivity contribution in [3.05, 3.63) is 29.8 Å². The second-order valence-electron chi connectivity index (χ2n) is 4.56. The summed E-state index contributed by atoms with van der Waals surface area (Å²) < 4.78 is 34.1. The molecular formula is C14H17F2NO3. The van der Waals surface area contributed by atoms with E-state index in [1.165, 1.54) is 18.2 Å². The number of nitrogens with zero attached hydrogens (tertiary/aromatic N) is 1. The molecule has 1 atom stereocenters. The Morgan fingerprint density at radius 1 is 1.55 bits per heavy atom. The number of amides is 1. The number of carbonyl (C=O) groups is 1. The third-order valence-corrected chi connectivity index (χ3v) is 3.19. The molecule has 0 aromatic heterocycles. The first-order chi connectivity index (χ1) is 9.60. The fraction of sp³-hybridized carbons (Fsp3) is 0.500. The molecule has 0 aliphatic carbocycles. The van der Waals surface area contributed by atoms with Gasteiger partial charge in [0.1, 0.15) is 5.75 Å². The van der Waals surface area contributed by atoms with Crippen LogP contribution in [0.1, 0.15) is 23.7 Å². The molecular weight excluding hydrogens is 268 g/mol. The lowest BCUT2D eigenvalue weighted by Crippen LogP contribution is -2.45. The van der Waals surface area contributed by atoms with E-state index in [1.807, 2.05) is 6.92 Å². The van der Waals surface area contributed by atoms with Gasteiger partial charge in [-0.15, -0.1) is 0 Å². The highest BCUT2D eigenvalue weighted by Crippen LogP contribution is 2.18. The Hall–Kier alpha value is -1.69. The molecule has 0 N–H and O–H groups in total. The Bertz CT molecular complexity index is 467. The van der Waals surface area contributed by atoms with Crippen molar-refractivity contribution in [2.24, 2.45) is 0 Å². The van der Waals surface area contributed by atoms with Crippen LogP contribution in [0.2, 0.25) is 0 Å². The molecule has 2 rings (SSSR count). The molecule has 1 unspecified atom stereocenters. The van der Waals surface area contributed by atoms with Crippen LogP contribution in [0.15, 0.2) is 24.3 Å². The zero-order chi connectivity index (χ0) is 14.5. The quantitative estimate of drug-likeness (QED) is 0.853. The Labute approximate surface area is 116 Å². The van der Waals surface area contributed by atoms with Crippen molar-refractivity contribution in [1.29, 1.82) is 0 Å². The maximum absolute atomic E-state index is 12.3. The highest BCUT2D eigenvalue weighted by Gasteiger charge is 2.24. The minimum absolute atomic E-state index is 0.00819. The number of halogens is 2. The van der Waals surface area contributed by atoms with E-state index in [9.17, 15) is 13.6 Å². The summed E-state index contributed by atoms with van der Waals surface area (Å²) in [5.41, 5.74) is 0.347. The molecule has 0 bridgehead atoms. The predicted octanol–water partition coefficient (Wildman–Crippen LogP) is 2.54. The number of hydrogen-bond acceptors (Lipinski definition) is 3. The van der Waals surface area contributed by atoms with Gasteiger partial charge >= 0.3 is 6.61 Å². The van der Waals surface area contributed by atoms with Gasteiger partial charge in [-0.05, 0) is 24.6 Å². The number of hydrogen-bond donors (Lipinski definition) is 0. The molecule has 1 amide bonds. The Morgan fingerprint density at radius 2 is 2.35 bits per heavy atom. The highest BCUT2D eigenvalue weighted by atomic mass is 19.3. The normalized spacial score (nSPS) is 19.2. The molecule has 0 radical (unpaired) electrons. The summed E-state index contributed by atoms with van der Waals surface area (Å²) in [6.07, 6.45) is 0.867. The summed E-state index contributed by atoms with van der Waals surface area (Å²) >= 11 is 0. The molecule has 110 valence electrons. The first-order valence-corrected chi connectivity index (χ1v) is 6.56. The van der Waals surface area contributed by atoms with Crippen molar-refractivity contribution in [3.8, 4) is 5.75 Å². The second-order valence-corrected chi connectivity index (χ2v) is 4.56. The van der Waals surface area contributed by atoms with E-state index in [-0.39, 0.29) is 17.8 Å². The van der Waals surface area contributed by atoms with Gasteiger partial charge in [0.25, 0.3) is 5.91 Å². The second kappa shape index (κ2) is 6.65. The fourth-order valence-electron chi connectivity index (χ4n) is 2.14. The van der Waals surface area contributed by atoms with Gasteiger partial charge < -0.3 is 14.4 Å². The van der Waals surface area contributed by atoms with Crippen molar-refractivity contribution in [1.82, 2.24) is 4.90 Å². The van der Waals surface area contributed by atoms with Gasteiger partial charge in [0.05, 0.1) is 12.7 Å². The van der Waals surface area contributed by atoms with Gasteiger partial charge in [-0.1, -0.05) is 13.0 Å². The molecule has 1 fully saturated rings. The van der Waals surface area contributed by atoms with Crippen LogP contribution in [-0.4, -0.2) is 43.2 Å². The number of morpholine rings is 1. The monoisotopic (exact) mass is 285 g/mol. The molecule has 1 heterocycles. The van der Waals surface area contributed by atoms with Crippen LogP contribution < -0.4 is 4.74 Å². The van der Waals surface area contributed by atoms with Gasteiger partial charge in [0.15, 0.2) is 0 Å². The van der Waals surface area contributed by atoms with Crippen molar-refractivity contribution >= 4 is 5.91 Å². The van der Waals surface area contributed by atoms with Gasteiger partial charge in [-0.3, -0.25) is 4.79 Å². The lowest BCUT2D eigenvalue weighted by atomic mass is 10.1. The summed E-state index contributed by atoms with van der Waals surface area (Å²) in [5.74, 6) is -0.197. The van der Waals surface area contributed by atoms with E-state index in [2.05, 4.69) is 4.74 Å². The summed E-state index contributed by atoms with van der Waals surface area (Å²) in [6.45, 7) is 0.630. The Balaban J connectivity index is 2.08. The van der Waals surface area contributed by atoms with E-state index in [1.54, 1.807) is 11.0 Å². The van der Waals surface area contributed by atoms with Crippen molar-refractivity contribution < 1.29 is 23.0 Å². The Morgan fingerprint density at radius 3 is 3.05 bits per heavy atom. The first-order valence-electron chi connectivity index (χ1n) is 6.56. The Kier molecular flexibility index (Phi) is 4.89. The van der Waals surface area contributed by atoms with E-state index in [0.717, 1.165) is 6.42 Å². The van der Waals surface area contributed by atoms with Crippen LogP contribution in [0, 0.1) is 0 Å². The standard InChI is InChI=1S/C14H17F2NO3/c1-2-11-9-17(6-7-19-11)13(18)10-4-3-5-12(8-10)20-14(15)16/h3-5,8,11,14H,2,6-7,9H2,1H3. The fourth-order valence-corrected chi connectivity index (χ4v) is 2.14. The van der Waals surface area contributed by atoms with Crippen LogP contribution in [0.3, 0.4) is 0 Å².